The highest BCUT2D eigenvalue weighted by molar-refractivity contribution is 7.80. The Labute approximate surface area is 201 Å². The normalized spacial score (nSPS) is 13.4. The summed E-state index contributed by atoms with van der Waals surface area (Å²) >= 11 is 18.5. The van der Waals surface area contributed by atoms with Crippen molar-refractivity contribution in [3.63, 3.8) is 0 Å². The number of carbonyl (C=O) groups excluding carboxylic acids is 1. The van der Waals surface area contributed by atoms with Gasteiger partial charge in [0.2, 0.25) is 0 Å². The molecule has 0 radical (unpaired) electrons. The lowest BCUT2D eigenvalue weighted by molar-refractivity contribution is 0.0997. The van der Waals surface area contributed by atoms with E-state index in [0.29, 0.717) is 39.6 Å². The number of carbonyl (C=O) groups is 1. The summed E-state index contributed by atoms with van der Waals surface area (Å²) in [5.41, 5.74) is 7.18. The second-order valence-corrected chi connectivity index (χ2v) is 8.77. The number of amides is 1. The van der Waals surface area contributed by atoms with Gasteiger partial charge < -0.3 is 20.1 Å². The summed E-state index contributed by atoms with van der Waals surface area (Å²) in [6.45, 7) is 2.01. The van der Waals surface area contributed by atoms with Crippen molar-refractivity contribution in [2.24, 2.45) is 5.73 Å². The minimum absolute atomic E-state index is 0.206. The highest BCUT2D eigenvalue weighted by atomic mass is 35.5. The highest BCUT2D eigenvalue weighted by Crippen LogP contribution is 2.39. The third-order valence-electron chi connectivity index (χ3n) is 5.41. The molecule has 1 aromatic heterocycles. The molecule has 3 aromatic rings. The molecule has 0 saturated carbocycles. The fourth-order valence-corrected chi connectivity index (χ4v) is 4.50. The maximum Gasteiger partial charge on any atom is 0.252 e. The minimum Gasteiger partial charge on any atom is -0.496 e. The Kier molecular flexibility index (Phi) is 6.69. The first kappa shape index (κ1) is 22.6. The summed E-state index contributed by atoms with van der Waals surface area (Å²) in [4.78, 5) is 19.3. The Balaban J connectivity index is 1.64. The first-order valence-electron chi connectivity index (χ1n) is 10.1. The number of hydrogen-bond acceptors (Lipinski definition) is 5. The quantitative estimate of drug-likeness (QED) is 0.466. The zero-order valence-corrected chi connectivity index (χ0v) is 19.7. The molecule has 32 heavy (non-hydrogen) atoms. The van der Waals surface area contributed by atoms with Gasteiger partial charge in [0.05, 0.1) is 23.2 Å². The van der Waals surface area contributed by atoms with Crippen LogP contribution < -0.4 is 15.2 Å². The number of benzene rings is 2. The Morgan fingerprint density at radius 2 is 1.94 bits per heavy atom. The van der Waals surface area contributed by atoms with E-state index in [0.717, 1.165) is 23.6 Å². The largest absolute Gasteiger partial charge is 0.496 e. The van der Waals surface area contributed by atoms with Gasteiger partial charge in [-0.1, -0.05) is 41.5 Å². The third kappa shape index (κ3) is 4.60. The lowest BCUT2D eigenvalue weighted by Gasteiger charge is -2.19. The molecule has 2 N–H and O–H groups in total. The van der Waals surface area contributed by atoms with Gasteiger partial charge in [0.15, 0.2) is 5.75 Å². The van der Waals surface area contributed by atoms with Crippen molar-refractivity contribution in [1.29, 1.82) is 0 Å². The molecular weight excluding hydrogens is 469 g/mol. The van der Waals surface area contributed by atoms with E-state index in [4.69, 9.17) is 50.6 Å². The van der Waals surface area contributed by atoms with Crippen LogP contribution in [-0.2, 0) is 6.42 Å². The van der Waals surface area contributed by atoms with E-state index in [1.807, 2.05) is 12.1 Å². The van der Waals surface area contributed by atoms with Gasteiger partial charge in [-0.05, 0) is 36.6 Å². The van der Waals surface area contributed by atoms with Crippen molar-refractivity contribution in [2.45, 2.75) is 19.3 Å². The average molecular weight is 490 g/mol. The van der Waals surface area contributed by atoms with Crippen LogP contribution in [-0.4, -0.2) is 41.0 Å². The van der Waals surface area contributed by atoms with Crippen LogP contribution in [0.15, 0.2) is 36.5 Å². The number of pyridine rings is 1. The lowest BCUT2D eigenvalue weighted by Crippen LogP contribution is -2.27. The monoisotopic (exact) mass is 489 g/mol. The van der Waals surface area contributed by atoms with Gasteiger partial charge in [-0.15, -0.1) is 0 Å². The van der Waals surface area contributed by atoms with Gasteiger partial charge in [0, 0.05) is 42.2 Å². The van der Waals surface area contributed by atoms with E-state index in [1.165, 1.54) is 26.1 Å². The molecule has 1 amide bonds. The smallest absolute Gasteiger partial charge is 0.252 e. The molecule has 1 fully saturated rings. The van der Waals surface area contributed by atoms with Crippen molar-refractivity contribution in [2.75, 3.05) is 20.2 Å². The number of thiocarbonyl (C=S) groups is 1. The molecule has 6 nitrogen and oxygen atoms in total. The predicted molar refractivity (Wildman–Crippen MR) is 130 cm³/mol. The second kappa shape index (κ2) is 9.48. The maximum absolute atomic E-state index is 11.9. The van der Waals surface area contributed by atoms with Gasteiger partial charge in [-0.25, -0.2) is 0 Å². The van der Waals surface area contributed by atoms with E-state index in [2.05, 4.69) is 9.88 Å². The summed E-state index contributed by atoms with van der Waals surface area (Å²) in [5, 5.41) is 1.37. The van der Waals surface area contributed by atoms with Crippen molar-refractivity contribution in [3.8, 4) is 17.2 Å². The number of aromatic nitrogens is 1. The van der Waals surface area contributed by atoms with Gasteiger partial charge in [0.1, 0.15) is 16.5 Å². The first-order valence-corrected chi connectivity index (χ1v) is 11.2. The van der Waals surface area contributed by atoms with E-state index in [-0.39, 0.29) is 10.6 Å². The van der Waals surface area contributed by atoms with Crippen LogP contribution in [0.2, 0.25) is 10.0 Å². The van der Waals surface area contributed by atoms with Crippen LogP contribution >= 0.6 is 35.4 Å². The molecule has 0 atom stereocenters. The number of ether oxygens (including phenoxy) is 2. The topological polar surface area (TPSA) is 77.7 Å². The van der Waals surface area contributed by atoms with E-state index in [1.54, 1.807) is 18.2 Å². The molecule has 0 unspecified atom stereocenters. The number of nitrogens with zero attached hydrogens (tertiary/aromatic N) is 2. The van der Waals surface area contributed by atoms with E-state index in [9.17, 15) is 4.79 Å². The fourth-order valence-electron chi connectivity index (χ4n) is 3.73. The van der Waals surface area contributed by atoms with E-state index < -0.39 is 5.91 Å². The summed E-state index contributed by atoms with van der Waals surface area (Å²) in [6.07, 6.45) is 4.43. The molecule has 1 aliphatic rings. The molecular formula is C23H21Cl2N3O3S. The van der Waals surface area contributed by atoms with Crippen molar-refractivity contribution in [1.82, 2.24) is 9.88 Å². The zero-order chi connectivity index (χ0) is 22.8. The van der Waals surface area contributed by atoms with Crippen LogP contribution in [0.5, 0.6) is 17.2 Å². The molecule has 2 heterocycles. The molecule has 0 aliphatic carbocycles. The summed E-state index contributed by atoms with van der Waals surface area (Å²) in [6, 6.07) is 8.62. The number of halogens is 2. The Hall–Kier alpha value is -2.61. The summed E-state index contributed by atoms with van der Waals surface area (Å²) in [5.74, 6) is 0.540. The molecule has 1 aliphatic heterocycles. The number of nitrogens with two attached hydrogens (primary N) is 1. The minimum atomic E-state index is -0.629. The molecule has 166 valence electrons. The first-order chi connectivity index (χ1) is 15.4. The SMILES string of the molecule is COc1cc2ncc(Cl)c(Oc3ccc(CC(=S)N4CCCC4)c(Cl)c3)c2cc1C(N)=O. The van der Waals surface area contributed by atoms with Crippen molar-refractivity contribution in [3.05, 3.63) is 57.7 Å². The molecule has 2 aromatic carbocycles. The number of likely N-dealkylation sites (tertiary alicyclic amines) is 1. The van der Waals surface area contributed by atoms with Crippen LogP contribution in [0.25, 0.3) is 10.9 Å². The van der Waals surface area contributed by atoms with Crippen LogP contribution in [0.3, 0.4) is 0 Å². The second-order valence-electron chi connectivity index (χ2n) is 7.49. The summed E-state index contributed by atoms with van der Waals surface area (Å²) < 4.78 is 11.3. The van der Waals surface area contributed by atoms with Gasteiger partial charge in [0.25, 0.3) is 5.91 Å². The molecule has 9 heteroatoms. The Bertz CT molecular complexity index is 1210. The Morgan fingerprint density at radius 1 is 1.19 bits per heavy atom. The number of fused-ring (bicyclic) bond motifs is 1. The number of hydrogen-bond donors (Lipinski definition) is 1. The number of primary amides is 1. The Morgan fingerprint density at radius 3 is 2.59 bits per heavy atom. The van der Waals surface area contributed by atoms with Gasteiger partial charge in [-0.2, -0.15) is 0 Å². The maximum atomic E-state index is 11.9. The van der Waals surface area contributed by atoms with Crippen molar-refractivity contribution >= 4 is 57.2 Å². The predicted octanol–water partition coefficient (Wildman–Crippen LogP) is 5.41. The highest BCUT2D eigenvalue weighted by Gasteiger charge is 2.19. The third-order valence-corrected chi connectivity index (χ3v) is 6.43. The van der Waals surface area contributed by atoms with Crippen LogP contribution in [0.4, 0.5) is 0 Å². The average Bonchev–Trinajstić information content (AvgIpc) is 3.31. The molecule has 0 bridgehead atoms. The fraction of sp³-hybridized carbons (Fsp3) is 0.261. The van der Waals surface area contributed by atoms with Gasteiger partial charge >= 0.3 is 0 Å². The lowest BCUT2D eigenvalue weighted by atomic mass is 10.1. The van der Waals surface area contributed by atoms with Gasteiger partial charge in [-0.3, -0.25) is 9.78 Å². The summed E-state index contributed by atoms with van der Waals surface area (Å²) in [7, 11) is 1.46. The van der Waals surface area contributed by atoms with Crippen molar-refractivity contribution < 1.29 is 14.3 Å². The molecule has 1 saturated heterocycles. The molecule has 0 spiro atoms. The zero-order valence-electron chi connectivity index (χ0n) is 17.4. The molecule has 4 rings (SSSR count). The standard InChI is InChI=1S/C23H21Cl2N3O3S/c1-30-20-11-19-15(10-16(20)23(26)29)22(18(25)12-27-19)31-14-5-4-13(17(24)9-14)8-21(32)28-6-2-3-7-28/h4-5,9-12H,2-3,6-8H2,1H3,(H2,26,29). The van der Waals surface area contributed by atoms with Crippen LogP contribution in [0, 0.1) is 0 Å². The number of rotatable bonds is 6. The number of methoxy groups -OCH3 is 1. The van der Waals surface area contributed by atoms with E-state index >= 15 is 0 Å². The van der Waals surface area contributed by atoms with Crippen LogP contribution in [0.1, 0.15) is 28.8 Å².